The molecular weight excluding hydrogens is 336 g/mol. The van der Waals surface area contributed by atoms with E-state index in [-0.39, 0.29) is 11.2 Å². The molecular formula is C22H20N4O. The molecule has 3 aliphatic rings. The van der Waals surface area contributed by atoms with Crippen LogP contribution in [-0.2, 0) is 5.66 Å². The van der Waals surface area contributed by atoms with Gasteiger partial charge in [0.25, 0.3) is 5.56 Å². The van der Waals surface area contributed by atoms with Crippen LogP contribution in [0.25, 0.3) is 22.6 Å². The highest BCUT2D eigenvalue weighted by atomic mass is 16.1. The molecule has 6 rings (SSSR count). The van der Waals surface area contributed by atoms with Crippen LogP contribution in [0.15, 0.2) is 59.4 Å². The highest BCUT2D eigenvalue weighted by Crippen LogP contribution is 2.57. The zero-order valence-corrected chi connectivity index (χ0v) is 14.9. The van der Waals surface area contributed by atoms with E-state index >= 15 is 0 Å². The molecule has 2 heterocycles. The quantitative estimate of drug-likeness (QED) is 0.719. The van der Waals surface area contributed by atoms with E-state index in [9.17, 15) is 4.79 Å². The summed E-state index contributed by atoms with van der Waals surface area (Å²) in [6.07, 6.45) is 4.77. The minimum absolute atomic E-state index is 0.262. The van der Waals surface area contributed by atoms with Crippen molar-refractivity contribution in [2.45, 2.75) is 31.3 Å². The topological polar surface area (TPSA) is 59.8 Å². The van der Waals surface area contributed by atoms with E-state index in [1.54, 1.807) is 0 Å². The second-order valence-corrected chi connectivity index (χ2v) is 8.04. The van der Waals surface area contributed by atoms with Gasteiger partial charge >= 0.3 is 0 Å². The fourth-order valence-corrected chi connectivity index (χ4v) is 5.40. The zero-order valence-electron chi connectivity index (χ0n) is 14.9. The molecule has 0 radical (unpaired) electrons. The van der Waals surface area contributed by atoms with E-state index in [2.05, 4.69) is 16.4 Å². The Balaban J connectivity index is 1.64. The van der Waals surface area contributed by atoms with Gasteiger partial charge in [0.05, 0.1) is 0 Å². The fraction of sp³-hybridized carbons (Fsp3) is 0.318. The van der Waals surface area contributed by atoms with Crippen LogP contribution >= 0.6 is 0 Å². The van der Waals surface area contributed by atoms with Crippen LogP contribution in [0.4, 0.5) is 5.69 Å². The van der Waals surface area contributed by atoms with E-state index in [0.29, 0.717) is 17.4 Å². The molecule has 1 aliphatic heterocycles. The molecule has 1 aromatic heterocycles. The summed E-state index contributed by atoms with van der Waals surface area (Å²) in [6, 6.07) is 17.8. The van der Waals surface area contributed by atoms with Gasteiger partial charge in [-0.1, -0.05) is 42.5 Å². The smallest absolute Gasteiger partial charge is 0.300 e. The Bertz CT molecular complexity index is 1110. The second-order valence-electron chi connectivity index (χ2n) is 8.04. The van der Waals surface area contributed by atoms with E-state index < -0.39 is 0 Å². The van der Waals surface area contributed by atoms with Crippen molar-refractivity contribution in [3.63, 3.8) is 0 Å². The summed E-state index contributed by atoms with van der Waals surface area (Å²) in [6.45, 7) is 0. The molecule has 2 saturated carbocycles. The van der Waals surface area contributed by atoms with E-state index in [0.717, 1.165) is 29.2 Å². The summed E-state index contributed by atoms with van der Waals surface area (Å²) in [4.78, 5) is 17.4. The van der Waals surface area contributed by atoms with Gasteiger partial charge in [0.15, 0.2) is 11.5 Å². The van der Waals surface area contributed by atoms with Gasteiger partial charge in [-0.05, 0) is 43.7 Å². The van der Waals surface area contributed by atoms with Crippen LogP contribution in [-0.4, -0.2) is 14.8 Å². The molecule has 2 aromatic carbocycles. The highest BCUT2D eigenvalue weighted by molar-refractivity contribution is 5.77. The van der Waals surface area contributed by atoms with E-state index in [1.165, 1.54) is 19.3 Å². The van der Waals surface area contributed by atoms with Crippen LogP contribution in [0.2, 0.25) is 0 Å². The molecule has 2 bridgehead atoms. The maximum Gasteiger partial charge on any atom is 0.300 e. The van der Waals surface area contributed by atoms with Gasteiger partial charge in [-0.15, -0.1) is 0 Å². The van der Waals surface area contributed by atoms with Crippen molar-refractivity contribution in [1.82, 2.24) is 14.8 Å². The first-order valence-electron chi connectivity index (χ1n) is 9.69. The first-order valence-corrected chi connectivity index (χ1v) is 9.69. The third-order valence-electron chi connectivity index (χ3n) is 6.57. The first-order chi connectivity index (χ1) is 13.2. The Kier molecular flexibility index (Phi) is 2.96. The van der Waals surface area contributed by atoms with Crippen molar-refractivity contribution >= 4 is 5.69 Å². The highest BCUT2D eigenvalue weighted by Gasteiger charge is 2.55. The number of nitrogens with one attached hydrogen (secondary N) is 1. The number of nitrogens with zero attached hydrogens (tertiary/aromatic N) is 3. The molecule has 1 spiro atoms. The molecule has 134 valence electrons. The normalized spacial score (nSPS) is 27.3. The third-order valence-corrected chi connectivity index (χ3v) is 6.57. The molecule has 3 atom stereocenters. The lowest BCUT2D eigenvalue weighted by molar-refractivity contribution is 0.180. The van der Waals surface area contributed by atoms with Crippen molar-refractivity contribution in [3.8, 4) is 22.6 Å². The molecule has 0 saturated heterocycles. The van der Waals surface area contributed by atoms with Gasteiger partial charge in [0.1, 0.15) is 5.66 Å². The lowest BCUT2D eigenvalue weighted by atomic mass is 9.86. The minimum Gasteiger partial charge on any atom is -0.360 e. The Labute approximate surface area is 157 Å². The van der Waals surface area contributed by atoms with Gasteiger partial charge in [0, 0.05) is 22.7 Å². The molecule has 5 heteroatoms. The minimum atomic E-state index is -0.267. The predicted octanol–water partition coefficient (Wildman–Crippen LogP) is 3.87. The van der Waals surface area contributed by atoms with Crippen LogP contribution in [0.3, 0.4) is 0 Å². The molecule has 2 fully saturated rings. The van der Waals surface area contributed by atoms with Crippen molar-refractivity contribution in [2.75, 3.05) is 5.32 Å². The van der Waals surface area contributed by atoms with Crippen molar-refractivity contribution < 1.29 is 0 Å². The molecule has 2 aliphatic carbocycles. The van der Waals surface area contributed by atoms with E-state index in [1.807, 2.05) is 53.2 Å². The van der Waals surface area contributed by atoms with Crippen molar-refractivity contribution in [2.24, 2.45) is 11.8 Å². The number of rotatable bonds is 1. The number of anilines is 1. The standard InChI is InChI=1S/C22H20N4O/c27-21-19(15-6-2-1-3-7-15)25-26-20(23-21)17-8-4-5-9-18(17)24-22(26)13-14-10-11-16(22)12-14/h1-9,14,16,24H,10-13H2/t14-,16-,22-/m0/s1. The second kappa shape index (κ2) is 5.28. The molecule has 1 N–H and O–H groups in total. The van der Waals surface area contributed by atoms with Gasteiger partial charge < -0.3 is 5.32 Å². The first kappa shape index (κ1) is 15.1. The molecule has 5 nitrogen and oxygen atoms in total. The number of aromatic nitrogens is 3. The fourth-order valence-electron chi connectivity index (χ4n) is 5.40. The van der Waals surface area contributed by atoms with Crippen LogP contribution < -0.4 is 10.9 Å². The summed E-state index contributed by atoms with van der Waals surface area (Å²) in [5.41, 5.74) is 2.74. The Hall–Kier alpha value is -2.95. The third kappa shape index (κ3) is 2.02. The van der Waals surface area contributed by atoms with Gasteiger partial charge in [0.2, 0.25) is 0 Å². The summed E-state index contributed by atoms with van der Waals surface area (Å²) in [7, 11) is 0. The zero-order chi connectivity index (χ0) is 18.0. The summed E-state index contributed by atoms with van der Waals surface area (Å²) >= 11 is 0. The Morgan fingerprint density at radius 2 is 1.85 bits per heavy atom. The van der Waals surface area contributed by atoms with Gasteiger partial charge in [-0.2, -0.15) is 10.1 Å². The Morgan fingerprint density at radius 3 is 2.63 bits per heavy atom. The summed E-state index contributed by atoms with van der Waals surface area (Å²) < 4.78 is 2.04. The lowest BCUT2D eigenvalue weighted by Crippen LogP contribution is -2.51. The maximum atomic E-state index is 12.9. The molecule has 3 aromatic rings. The number of hydrogen-bond acceptors (Lipinski definition) is 4. The van der Waals surface area contributed by atoms with E-state index in [4.69, 9.17) is 5.10 Å². The molecule has 27 heavy (non-hydrogen) atoms. The van der Waals surface area contributed by atoms with Crippen LogP contribution in [0, 0.1) is 11.8 Å². The number of benzene rings is 2. The monoisotopic (exact) mass is 356 g/mol. The van der Waals surface area contributed by atoms with Gasteiger partial charge in [-0.25, -0.2) is 4.68 Å². The molecule has 0 unspecified atom stereocenters. The molecule has 0 amide bonds. The average Bonchev–Trinajstić information content (AvgIpc) is 3.30. The van der Waals surface area contributed by atoms with Crippen LogP contribution in [0.1, 0.15) is 25.7 Å². The van der Waals surface area contributed by atoms with Gasteiger partial charge in [-0.3, -0.25) is 4.79 Å². The van der Waals surface area contributed by atoms with Crippen molar-refractivity contribution in [3.05, 3.63) is 65.0 Å². The summed E-state index contributed by atoms with van der Waals surface area (Å²) in [5.74, 6) is 1.94. The lowest BCUT2D eigenvalue weighted by Gasteiger charge is -2.44. The maximum absolute atomic E-state index is 12.9. The van der Waals surface area contributed by atoms with Crippen molar-refractivity contribution in [1.29, 1.82) is 0 Å². The number of hydrogen-bond donors (Lipinski definition) is 1. The van der Waals surface area contributed by atoms with Crippen LogP contribution in [0.5, 0.6) is 0 Å². The summed E-state index contributed by atoms with van der Waals surface area (Å²) in [5, 5.41) is 8.73. The number of para-hydroxylation sites is 1. The number of fused-ring (bicyclic) bond motifs is 7. The predicted molar refractivity (Wildman–Crippen MR) is 104 cm³/mol. The SMILES string of the molecule is O=c1nc2n(nc1-c1ccccc1)[C@]1(C[C@H]3CC[C@H]1C3)Nc1ccccc1-2. The average molecular weight is 356 g/mol. The largest absolute Gasteiger partial charge is 0.360 e. The Morgan fingerprint density at radius 1 is 1.04 bits per heavy atom.